The Morgan fingerprint density at radius 3 is 2.70 bits per heavy atom. The zero-order chi connectivity index (χ0) is 19.7. The van der Waals surface area contributed by atoms with Crippen LogP contribution in [0.25, 0.3) is 11.2 Å². The maximum atomic E-state index is 12.4. The summed E-state index contributed by atoms with van der Waals surface area (Å²) < 4.78 is 8.99. The molecule has 142 valence electrons. The maximum absolute atomic E-state index is 12.4. The largest absolute Gasteiger partial charge is 0.497 e. The predicted octanol–water partition coefficient (Wildman–Crippen LogP) is 0.0533. The van der Waals surface area contributed by atoms with E-state index in [1.807, 2.05) is 0 Å². The third-order valence-electron chi connectivity index (χ3n) is 4.33. The third-order valence-corrected chi connectivity index (χ3v) is 4.33. The number of nitrogens with one attached hydrogen (secondary N) is 1. The van der Waals surface area contributed by atoms with Crippen LogP contribution in [0.2, 0.25) is 0 Å². The van der Waals surface area contributed by atoms with E-state index in [1.165, 1.54) is 25.1 Å². The topological polar surface area (TPSA) is 126 Å². The molecule has 3 N–H and O–H groups in total. The van der Waals surface area contributed by atoms with Crippen LogP contribution in [0.1, 0.15) is 6.42 Å². The number of rotatable bonds is 5. The van der Waals surface area contributed by atoms with Gasteiger partial charge < -0.3 is 20.4 Å². The summed E-state index contributed by atoms with van der Waals surface area (Å²) in [5, 5.41) is 2.73. The van der Waals surface area contributed by atoms with Crippen LogP contribution in [0.15, 0.2) is 34.1 Å². The second kappa shape index (κ2) is 6.98. The van der Waals surface area contributed by atoms with Gasteiger partial charge in [0.25, 0.3) is 5.56 Å². The molecule has 10 nitrogen and oxygen atoms in total. The Balaban J connectivity index is 1.81. The highest BCUT2D eigenvalue weighted by molar-refractivity contribution is 5.94. The minimum absolute atomic E-state index is 0.0914. The molecule has 0 aliphatic heterocycles. The second-order valence-corrected chi connectivity index (χ2v) is 6.07. The first-order chi connectivity index (χ1) is 12.8. The van der Waals surface area contributed by atoms with Gasteiger partial charge in [-0.1, -0.05) is 0 Å². The van der Waals surface area contributed by atoms with Crippen molar-refractivity contribution in [2.45, 2.75) is 13.0 Å². The number of nitrogens with two attached hydrogens (primary N) is 1. The quantitative estimate of drug-likeness (QED) is 0.610. The number of fused-ring (bicyclic) bond motifs is 1. The lowest BCUT2D eigenvalue weighted by molar-refractivity contribution is -0.116. The Morgan fingerprint density at radius 2 is 2.00 bits per heavy atom. The molecule has 0 bridgehead atoms. The fourth-order valence-corrected chi connectivity index (χ4v) is 2.77. The standard InChI is InChI=1S/C17H20N6O4/c1-21-15-14(16(25)22(2)17(21)26)23(9-19-15)7-6-13(24)20-12-8-10(27-3)4-5-11(12)18/h4-5,8-9H,6-7,18H2,1-3H3,(H,20,24). The number of carbonyl (C=O) groups is 1. The van der Waals surface area contributed by atoms with Crippen molar-refractivity contribution in [1.29, 1.82) is 0 Å². The summed E-state index contributed by atoms with van der Waals surface area (Å²) >= 11 is 0. The Hall–Kier alpha value is -3.56. The van der Waals surface area contributed by atoms with Gasteiger partial charge in [-0.25, -0.2) is 9.78 Å². The lowest BCUT2D eigenvalue weighted by Gasteiger charge is -2.10. The number of ether oxygens (including phenoxy) is 1. The van der Waals surface area contributed by atoms with Gasteiger partial charge in [0, 0.05) is 33.1 Å². The molecule has 10 heteroatoms. The second-order valence-electron chi connectivity index (χ2n) is 6.07. The van der Waals surface area contributed by atoms with E-state index in [1.54, 1.807) is 29.8 Å². The summed E-state index contributed by atoms with van der Waals surface area (Å²) in [5.74, 6) is 0.294. The molecule has 1 aromatic carbocycles. The number of hydrogen-bond donors (Lipinski definition) is 2. The van der Waals surface area contributed by atoms with Crippen LogP contribution in [0, 0.1) is 0 Å². The number of nitrogen functional groups attached to an aromatic ring is 1. The molecule has 0 fully saturated rings. The molecular formula is C17H20N6O4. The third kappa shape index (κ3) is 3.28. The smallest absolute Gasteiger partial charge is 0.332 e. The van der Waals surface area contributed by atoms with Crippen LogP contribution < -0.4 is 27.0 Å². The number of aryl methyl sites for hydroxylation is 2. The van der Waals surface area contributed by atoms with Crippen molar-refractivity contribution in [1.82, 2.24) is 18.7 Å². The predicted molar refractivity (Wildman–Crippen MR) is 101 cm³/mol. The van der Waals surface area contributed by atoms with Crippen molar-refractivity contribution < 1.29 is 9.53 Å². The summed E-state index contributed by atoms with van der Waals surface area (Å²) in [6, 6.07) is 4.97. The molecule has 0 aliphatic carbocycles. The van der Waals surface area contributed by atoms with Gasteiger partial charge >= 0.3 is 5.69 Å². The summed E-state index contributed by atoms with van der Waals surface area (Å²) in [6.07, 6.45) is 1.53. The monoisotopic (exact) mass is 372 g/mol. The van der Waals surface area contributed by atoms with Crippen LogP contribution in [-0.2, 0) is 25.4 Å². The average molecular weight is 372 g/mol. The van der Waals surface area contributed by atoms with Crippen molar-refractivity contribution >= 4 is 28.4 Å². The zero-order valence-corrected chi connectivity index (χ0v) is 15.2. The van der Waals surface area contributed by atoms with Crippen molar-refractivity contribution in [2.75, 3.05) is 18.2 Å². The number of methoxy groups -OCH3 is 1. The Bertz CT molecular complexity index is 1140. The summed E-state index contributed by atoms with van der Waals surface area (Å²) in [7, 11) is 4.47. The highest BCUT2D eigenvalue weighted by Gasteiger charge is 2.15. The lowest BCUT2D eigenvalue weighted by atomic mass is 10.2. The van der Waals surface area contributed by atoms with Gasteiger partial charge in [0.2, 0.25) is 5.91 Å². The van der Waals surface area contributed by atoms with E-state index >= 15 is 0 Å². The van der Waals surface area contributed by atoms with Gasteiger partial charge in [-0.3, -0.25) is 18.7 Å². The Kier molecular flexibility index (Phi) is 4.72. The Labute approximate surface area is 153 Å². The van der Waals surface area contributed by atoms with E-state index < -0.39 is 11.2 Å². The number of aromatic nitrogens is 4. The summed E-state index contributed by atoms with van der Waals surface area (Å²) in [5.41, 5.74) is 6.37. The van der Waals surface area contributed by atoms with Crippen LogP contribution in [0.5, 0.6) is 5.75 Å². The summed E-state index contributed by atoms with van der Waals surface area (Å²) in [6.45, 7) is 0.222. The molecule has 0 aliphatic rings. The van der Waals surface area contributed by atoms with Crippen LogP contribution in [0.4, 0.5) is 11.4 Å². The van der Waals surface area contributed by atoms with E-state index in [9.17, 15) is 14.4 Å². The highest BCUT2D eigenvalue weighted by atomic mass is 16.5. The molecule has 0 spiro atoms. The maximum Gasteiger partial charge on any atom is 0.332 e. The molecule has 0 atom stereocenters. The van der Waals surface area contributed by atoms with E-state index in [0.717, 1.165) is 4.57 Å². The number of hydrogen-bond acceptors (Lipinski definition) is 6. The van der Waals surface area contributed by atoms with Crippen LogP contribution in [-0.4, -0.2) is 31.7 Å². The highest BCUT2D eigenvalue weighted by Crippen LogP contribution is 2.24. The van der Waals surface area contributed by atoms with Crippen molar-refractivity contribution in [3.63, 3.8) is 0 Å². The van der Waals surface area contributed by atoms with Crippen LogP contribution in [0.3, 0.4) is 0 Å². The molecular weight excluding hydrogens is 352 g/mol. The Morgan fingerprint density at radius 1 is 1.26 bits per heavy atom. The van der Waals surface area contributed by atoms with E-state index in [4.69, 9.17) is 10.5 Å². The minimum atomic E-state index is -0.456. The molecule has 3 aromatic rings. The van der Waals surface area contributed by atoms with Gasteiger partial charge in [0.1, 0.15) is 5.75 Å². The molecule has 3 rings (SSSR count). The molecule has 27 heavy (non-hydrogen) atoms. The molecule has 2 aromatic heterocycles. The number of nitrogens with zero attached hydrogens (tertiary/aromatic N) is 4. The number of imidazole rings is 1. The number of carbonyl (C=O) groups excluding carboxylic acids is 1. The van der Waals surface area contributed by atoms with Gasteiger partial charge in [-0.05, 0) is 12.1 Å². The van der Waals surface area contributed by atoms with Gasteiger partial charge in [0.15, 0.2) is 11.2 Å². The summed E-state index contributed by atoms with van der Waals surface area (Å²) in [4.78, 5) is 40.8. The van der Waals surface area contributed by atoms with E-state index in [0.29, 0.717) is 17.1 Å². The first kappa shape index (κ1) is 18.2. The molecule has 0 saturated carbocycles. The van der Waals surface area contributed by atoms with Crippen LogP contribution >= 0.6 is 0 Å². The van der Waals surface area contributed by atoms with Crippen molar-refractivity contribution in [3.8, 4) is 5.75 Å². The molecule has 0 saturated heterocycles. The zero-order valence-electron chi connectivity index (χ0n) is 15.2. The van der Waals surface area contributed by atoms with Gasteiger partial charge in [-0.15, -0.1) is 0 Å². The van der Waals surface area contributed by atoms with E-state index in [-0.39, 0.29) is 30.0 Å². The van der Waals surface area contributed by atoms with Gasteiger partial charge in [-0.2, -0.15) is 0 Å². The molecule has 0 unspecified atom stereocenters. The molecule has 0 radical (unpaired) electrons. The number of amides is 1. The fraction of sp³-hybridized carbons (Fsp3) is 0.294. The lowest BCUT2D eigenvalue weighted by Crippen LogP contribution is -2.37. The molecule has 2 heterocycles. The molecule has 1 amide bonds. The van der Waals surface area contributed by atoms with E-state index in [2.05, 4.69) is 10.3 Å². The minimum Gasteiger partial charge on any atom is -0.497 e. The van der Waals surface area contributed by atoms with Gasteiger partial charge in [0.05, 0.1) is 24.8 Å². The SMILES string of the molecule is COc1ccc(N)c(NC(=O)CCn2cnc3c2c(=O)n(C)c(=O)n3C)c1. The fourth-order valence-electron chi connectivity index (χ4n) is 2.77. The average Bonchev–Trinajstić information content (AvgIpc) is 3.09. The number of benzene rings is 1. The van der Waals surface area contributed by atoms with Crippen molar-refractivity contribution in [2.24, 2.45) is 14.1 Å². The number of anilines is 2. The van der Waals surface area contributed by atoms with Crippen molar-refractivity contribution in [3.05, 3.63) is 45.4 Å². The first-order valence-electron chi connectivity index (χ1n) is 8.17. The first-order valence-corrected chi connectivity index (χ1v) is 8.17. The normalized spacial score (nSPS) is 10.9.